The number of ether oxygens (including phenoxy) is 2. The molecule has 0 unspecified atom stereocenters. The number of carboxylic acids is 1. The van der Waals surface area contributed by atoms with Gasteiger partial charge in [0, 0.05) is 13.1 Å². The van der Waals surface area contributed by atoms with Gasteiger partial charge in [0.25, 0.3) is 5.91 Å². The molecule has 0 bridgehead atoms. The molecule has 2 aromatic rings. The average molecular weight is 359 g/mol. The van der Waals surface area contributed by atoms with Gasteiger partial charge in [0.2, 0.25) is 0 Å². The summed E-state index contributed by atoms with van der Waals surface area (Å²) in [5, 5.41) is 9.28. The zero-order chi connectivity index (χ0) is 18.7. The molecule has 2 heterocycles. The molecule has 138 valence electrons. The summed E-state index contributed by atoms with van der Waals surface area (Å²) in [4.78, 5) is 25.4. The van der Waals surface area contributed by atoms with E-state index in [0.29, 0.717) is 30.2 Å². The van der Waals surface area contributed by atoms with Crippen LogP contribution in [-0.2, 0) is 11.4 Å². The largest absolute Gasteiger partial charge is 0.493 e. The predicted molar refractivity (Wildman–Crippen MR) is 92.3 cm³/mol. The van der Waals surface area contributed by atoms with Crippen molar-refractivity contribution in [3.05, 3.63) is 47.9 Å². The van der Waals surface area contributed by atoms with Crippen molar-refractivity contribution in [3.63, 3.8) is 0 Å². The van der Waals surface area contributed by atoms with Gasteiger partial charge < -0.3 is 23.9 Å². The molecule has 1 aliphatic rings. The number of nitrogens with zero attached hydrogens (tertiary/aromatic N) is 1. The van der Waals surface area contributed by atoms with Crippen LogP contribution >= 0.6 is 0 Å². The molecule has 0 aliphatic carbocycles. The highest BCUT2D eigenvalue weighted by molar-refractivity contribution is 5.92. The van der Waals surface area contributed by atoms with Crippen molar-refractivity contribution in [3.8, 4) is 11.5 Å². The van der Waals surface area contributed by atoms with E-state index in [1.165, 1.54) is 4.90 Å². The lowest BCUT2D eigenvalue weighted by Crippen LogP contribution is -2.34. The van der Waals surface area contributed by atoms with Gasteiger partial charge in [-0.2, -0.15) is 0 Å². The van der Waals surface area contributed by atoms with E-state index in [9.17, 15) is 14.7 Å². The van der Waals surface area contributed by atoms with E-state index in [0.717, 1.165) is 0 Å². The Morgan fingerprint density at radius 2 is 1.96 bits per heavy atom. The van der Waals surface area contributed by atoms with E-state index >= 15 is 0 Å². The summed E-state index contributed by atoms with van der Waals surface area (Å²) in [6.45, 7) is 2.38. The van der Waals surface area contributed by atoms with Crippen molar-refractivity contribution in [1.82, 2.24) is 4.90 Å². The Hall–Kier alpha value is -2.96. The normalized spacial score (nSPS) is 19.4. The lowest BCUT2D eigenvalue weighted by molar-refractivity contribution is -0.147. The monoisotopic (exact) mass is 359 g/mol. The van der Waals surface area contributed by atoms with Crippen LogP contribution in [0.15, 0.2) is 40.8 Å². The summed E-state index contributed by atoms with van der Waals surface area (Å²) >= 11 is 0. The van der Waals surface area contributed by atoms with E-state index < -0.39 is 11.4 Å². The summed E-state index contributed by atoms with van der Waals surface area (Å²) in [5.41, 5.74) is -0.905. The van der Waals surface area contributed by atoms with Crippen LogP contribution in [0.3, 0.4) is 0 Å². The molecule has 0 saturated carbocycles. The summed E-state index contributed by atoms with van der Waals surface area (Å²) in [6.07, 6.45) is 0.429. The molecule has 1 aromatic heterocycles. The van der Waals surface area contributed by atoms with Gasteiger partial charge in [0.15, 0.2) is 17.3 Å². The van der Waals surface area contributed by atoms with Crippen LogP contribution in [0.5, 0.6) is 11.5 Å². The van der Waals surface area contributed by atoms with Crippen LogP contribution < -0.4 is 9.47 Å². The van der Waals surface area contributed by atoms with Crippen molar-refractivity contribution >= 4 is 11.9 Å². The van der Waals surface area contributed by atoms with Gasteiger partial charge in [-0.15, -0.1) is 0 Å². The van der Waals surface area contributed by atoms with Crippen LogP contribution in [0.2, 0.25) is 0 Å². The maximum absolute atomic E-state index is 12.5. The Balaban J connectivity index is 1.63. The van der Waals surface area contributed by atoms with Gasteiger partial charge in [-0.25, -0.2) is 0 Å². The van der Waals surface area contributed by atoms with Crippen LogP contribution in [0.4, 0.5) is 0 Å². The van der Waals surface area contributed by atoms with E-state index in [1.807, 2.05) is 12.1 Å². The van der Waals surface area contributed by atoms with E-state index in [-0.39, 0.29) is 24.8 Å². The minimum Gasteiger partial charge on any atom is -0.493 e. The molecule has 1 atom stereocenters. The zero-order valence-corrected chi connectivity index (χ0v) is 14.7. The quantitative estimate of drug-likeness (QED) is 0.853. The van der Waals surface area contributed by atoms with Crippen LogP contribution in [0, 0.1) is 5.41 Å². The second-order valence-electron chi connectivity index (χ2n) is 6.55. The van der Waals surface area contributed by atoms with Gasteiger partial charge in [0.05, 0.1) is 12.5 Å². The minimum absolute atomic E-state index is 0.153. The second kappa shape index (κ2) is 7.11. The highest BCUT2D eigenvalue weighted by Crippen LogP contribution is 2.31. The number of carboxylic acid groups (broad SMARTS) is 1. The molecule has 26 heavy (non-hydrogen) atoms. The lowest BCUT2D eigenvalue weighted by Gasteiger charge is -2.19. The number of methoxy groups -OCH3 is 1. The maximum Gasteiger partial charge on any atom is 0.311 e. The van der Waals surface area contributed by atoms with Crippen molar-refractivity contribution in [1.29, 1.82) is 0 Å². The fraction of sp³-hybridized carbons (Fsp3) is 0.368. The fourth-order valence-electron chi connectivity index (χ4n) is 2.92. The molecule has 0 radical (unpaired) electrons. The molecule has 1 aromatic carbocycles. The van der Waals surface area contributed by atoms with Gasteiger partial charge in [0.1, 0.15) is 12.4 Å². The number of aliphatic carboxylic acids is 1. The number of carbonyl (C=O) groups is 2. The molecule has 1 N–H and O–H groups in total. The number of para-hydroxylation sites is 2. The number of amides is 1. The van der Waals surface area contributed by atoms with E-state index in [4.69, 9.17) is 13.9 Å². The standard InChI is InChI=1S/C19H21NO6/c1-19(18(22)23)9-10-20(12-19)17(21)16-8-7-13(26-16)11-25-15-6-4-3-5-14(15)24-2/h3-8H,9-12H2,1-2H3,(H,22,23)/t19-/m0/s1. The Labute approximate surface area is 151 Å². The number of likely N-dealkylation sites (tertiary alicyclic amines) is 1. The molecule has 7 heteroatoms. The third-order valence-electron chi connectivity index (χ3n) is 4.59. The van der Waals surface area contributed by atoms with Crippen LogP contribution in [-0.4, -0.2) is 42.1 Å². The number of benzene rings is 1. The van der Waals surface area contributed by atoms with Crippen molar-refractivity contribution in [2.75, 3.05) is 20.2 Å². The molecule has 3 rings (SSSR count). The third-order valence-corrected chi connectivity index (χ3v) is 4.59. The zero-order valence-electron chi connectivity index (χ0n) is 14.7. The number of rotatable bonds is 6. The molecule has 7 nitrogen and oxygen atoms in total. The Bertz CT molecular complexity index is 814. The average Bonchev–Trinajstić information content (AvgIpc) is 3.27. The summed E-state index contributed by atoms with van der Waals surface area (Å²) in [5.74, 6) is 0.672. The van der Waals surface area contributed by atoms with Gasteiger partial charge >= 0.3 is 5.97 Å². The number of carbonyl (C=O) groups excluding carboxylic acids is 1. The molecular formula is C19H21NO6. The minimum atomic E-state index is -0.905. The summed E-state index contributed by atoms with van der Waals surface area (Å²) < 4.78 is 16.5. The highest BCUT2D eigenvalue weighted by atomic mass is 16.5. The molecule has 1 saturated heterocycles. The summed E-state index contributed by atoms with van der Waals surface area (Å²) in [7, 11) is 1.56. The second-order valence-corrected chi connectivity index (χ2v) is 6.55. The van der Waals surface area contributed by atoms with Crippen molar-refractivity contribution < 1.29 is 28.6 Å². The van der Waals surface area contributed by atoms with Gasteiger partial charge in [-0.1, -0.05) is 12.1 Å². The first-order chi connectivity index (χ1) is 12.4. The topological polar surface area (TPSA) is 89.2 Å². The summed E-state index contributed by atoms with van der Waals surface area (Å²) in [6, 6.07) is 10.5. The third kappa shape index (κ3) is 3.51. The predicted octanol–water partition coefficient (Wildman–Crippen LogP) is 2.80. The molecule has 1 fully saturated rings. The van der Waals surface area contributed by atoms with Crippen molar-refractivity contribution in [2.45, 2.75) is 20.0 Å². The fourth-order valence-corrected chi connectivity index (χ4v) is 2.92. The first-order valence-electron chi connectivity index (χ1n) is 8.30. The van der Waals surface area contributed by atoms with Gasteiger partial charge in [-0.05, 0) is 37.6 Å². The smallest absolute Gasteiger partial charge is 0.311 e. The first kappa shape index (κ1) is 17.8. The molecule has 0 spiro atoms. The van der Waals surface area contributed by atoms with E-state index in [2.05, 4.69) is 0 Å². The first-order valence-corrected chi connectivity index (χ1v) is 8.30. The van der Waals surface area contributed by atoms with Crippen LogP contribution in [0.25, 0.3) is 0 Å². The Morgan fingerprint density at radius 3 is 2.62 bits per heavy atom. The number of furan rings is 1. The lowest BCUT2D eigenvalue weighted by atomic mass is 9.90. The SMILES string of the molecule is COc1ccccc1OCc1ccc(C(=O)N2CC[C@](C)(C(=O)O)C2)o1. The number of hydrogen-bond donors (Lipinski definition) is 1. The maximum atomic E-state index is 12.5. The molecule has 1 aliphatic heterocycles. The van der Waals surface area contributed by atoms with Gasteiger partial charge in [-0.3, -0.25) is 9.59 Å². The van der Waals surface area contributed by atoms with Crippen LogP contribution in [0.1, 0.15) is 29.7 Å². The Morgan fingerprint density at radius 1 is 1.23 bits per heavy atom. The highest BCUT2D eigenvalue weighted by Gasteiger charge is 2.42. The molecular weight excluding hydrogens is 338 g/mol. The number of hydrogen-bond acceptors (Lipinski definition) is 5. The molecule has 1 amide bonds. The Kier molecular flexibility index (Phi) is 4.88. The van der Waals surface area contributed by atoms with Crippen molar-refractivity contribution in [2.24, 2.45) is 5.41 Å². The van der Waals surface area contributed by atoms with E-state index in [1.54, 1.807) is 38.3 Å².